The number of anilines is 1. The van der Waals surface area contributed by atoms with Crippen LogP contribution in [0.1, 0.15) is 82.9 Å². The first-order valence-electron chi connectivity index (χ1n) is 18.8. The fourth-order valence-electron chi connectivity index (χ4n) is 8.13. The number of esters is 1. The third-order valence-electron chi connectivity index (χ3n) is 12.0. The molecule has 5 aliphatic rings. The molecule has 2 aromatic carbocycles. The predicted molar refractivity (Wildman–Crippen MR) is 197 cm³/mol. The fourth-order valence-corrected chi connectivity index (χ4v) is 9.71. The van der Waals surface area contributed by atoms with E-state index in [4.69, 9.17) is 16.3 Å². The first kappa shape index (κ1) is 40.3. The lowest BCUT2D eigenvalue weighted by Crippen LogP contribution is -2.59. The maximum atomic E-state index is 14.6. The van der Waals surface area contributed by atoms with Crippen molar-refractivity contribution in [3.63, 3.8) is 0 Å². The van der Waals surface area contributed by atoms with Crippen LogP contribution in [0.15, 0.2) is 36.4 Å². The van der Waals surface area contributed by atoms with E-state index in [1.165, 1.54) is 11.8 Å². The summed E-state index contributed by atoms with van der Waals surface area (Å²) in [6, 6.07) is 4.59. The molecule has 1 heterocycles. The molecule has 17 heteroatoms. The molecular formula is C39H45ClF4N4O7S. The summed E-state index contributed by atoms with van der Waals surface area (Å²) < 4.78 is 88.6. The van der Waals surface area contributed by atoms with Crippen LogP contribution in [-0.4, -0.2) is 72.0 Å². The minimum atomic E-state index is -4.87. The van der Waals surface area contributed by atoms with Crippen molar-refractivity contribution in [1.82, 2.24) is 14.9 Å². The number of halogens is 5. The summed E-state index contributed by atoms with van der Waals surface area (Å²) in [4.78, 5) is 57.5. The van der Waals surface area contributed by atoms with Crippen molar-refractivity contribution in [3.8, 4) is 0 Å². The monoisotopic (exact) mass is 824 g/mol. The lowest BCUT2D eigenvalue weighted by atomic mass is 9.85. The number of likely N-dealkylation sites (tertiary alicyclic amines) is 1. The minimum Gasteiger partial charge on any atom is -0.460 e. The predicted octanol–water partition coefficient (Wildman–Crippen LogP) is 5.54. The summed E-state index contributed by atoms with van der Waals surface area (Å²) in [5, 5.41) is 6.09. The second kappa shape index (κ2) is 13.9. The Morgan fingerprint density at radius 1 is 1.04 bits per heavy atom. The van der Waals surface area contributed by atoms with E-state index in [0.717, 1.165) is 30.0 Å². The van der Waals surface area contributed by atoms with Gasteiger partial charge in [-0.15, -0.1) is 0 Å². The van der Waals surface area contributed by atoms with Crippen LogP contribution in [0.2, 0.25) is 5.02 Å². The number of fused-ring (bicyclic) bond motifs is 1. The molecule has 1 unspecified atom stereocenters. The molecule has 2 aromatic rings. The number of carbonyl (C=O) groups is 4. The standard InChI is InChI=1S/C39H45ClF4N4O7S/c1-36(2,3)31(45-25-15-23(39(42,43)44)14-24(41)16-25)33(50)48-19-26(55-34(51)22-12-21-6-5-7-29(40)27(21)13-22)17-30(48)32(49)46-38(18-28(38)20-8-9-20)35(52)47-56(53,54)37(4)10-11-37/h5-7,14-16,20,22,26,28,30-31,45H,8-13,17-19H2,1-4H3,(H,46,49)(H,47,52)/t22?,26-,28+,30+,31-,38-/m1/s1. The number of ether oxygens (including phenoxy) is 1. The van der Waals surface area contributed by atoms with Crippen LogP contribution in [0.3, 0.4) is 0 Å². The van der Waals surface area contributed by atoms with E-state index in [0.29, 0.717) is 42.8 Å². The summed E-state index contributed by atoms with van der Waals surface area (Å²) in [7, 11) is -4.05. The molecule has 11 nitrogen and oxygen atoms in total. The maximum absolute atomic E-state index is 14.6. The Kier molecular flexibility index (Phi) is 9.98. The number of nitrogens with one attached hydrogen (secondary N) is 3. The van der Waals surface area contributed by atoms with E-state index in [2.05, 4.69) is 15.4 Å². The number of rotatable bonds is 11. The van der Waals surface area contributed by atoms with Gasteiger partial charge in [0.15, 0.2) is 0 Å². The van der Waals surface area contributed by atoms with E-state index in [1.54, 1.807) is 32.9 Å². The van der Waals surface area contributed by atoms with Gasteiger partial charge in [0.2, 0.25) is 21.8 Å². The van der Waals surface area contributed by atoms with Crippen LogP contribution in [0.4, 0.5) is 23.2 Å². The van der Waals surface area contributed by atoms with E-state index in [1.807, 2.05) is 6.07 Å². The number of nitrogens with zero attached hydrogens (tertiary/aromatic N) is 1. The van der Waals surface area contributed by atoms with Gasteiger partial charge in [-0.25, -0.2) is 12.8 Å². The molecule has 304 valence electrons. The van der Waals surface area contributed by atoms with Crippen molar-refractivity contribution >= 4 is 51.0 Å². The first-order chi connectivity index (χ1) is 26.0. The highest BCUT2D eigenvalue weighted by Crippen LogP contribution is 2.57. The highest BCUT2D eigenvalue weighted by atomic mass is 35.5. The van der Waals surface area contributed by atoms with Crippen LogP contribution >= 0.6 is 11.6 Å². The van der Waals surface area contributed by atoms with Crippen LogP contribution < -0.4 is 15.4 Å². The largest absolute Gasteiger partial charge is 0.460 e. The Labute approximate surface area is 327 Å². The quantitative estimate of drug-likeness (QED) is 0.198. The minimum absolute atomic E-state index is 0.0987. The number of hydrogen-bond donors (Lipinski definition) is 3. The molecule has 4 fully saturated rings. The second-order valence-electron chi connectivity index (χ2n) is 17.4. The smallest absolute Gasteiger partial charge is 0.416 e. The van der Waals surface area contributed by atoms with Gasteiger partial charge in [0.1, 0.15) is 29.5 Å². The average Bonchev–Trinajstić information content (AvgIpc) is 4.05. The molecular weight excluding hydrogens is 780 g/mol. The molecule has 4 aliphatic carbocycles. The third-order valence-corrected chi connectivity index (χ3v) is 14.5. The number of benzene rings is 2. The Morgan fingerprint density at radius 2 is 1.73 bits per heavy atom. The Bertz CT molecular complexity index is 2080. The van der Waals surface area contributed by atoms with Crippen LogP contribution in [0.25, 0.3) is 0 Å². The van der Waals surface area contributed by atoms with Crippen molar-refractivity contribution < 1.29 is 49.9 Å². The van der Waals surface area contributed by atoms with Gasteiger partial charge >= 0.3 is 12.1 Å². The SMILES string of the molecule is CC(C)(C)[C@H](Nc1cc(F)cc(C(F)(F)F)c1)C(=O)N1C[C@H](OC(=O)C2Cc3cccc(Cl)c3C2)C[C@H]1C(=O)N[C@]1(C(=O)NS(=O)(=O)C2(C)CC2)C[C@H]1C1CC1. The summed E-state index contributed by atoms with van der Waals surface area (Å²) >= 11 is 6.37. The Morgan fingerprint density at radius 3 is 2.34 bits per heavy atom. The second-order valence-corrected chi connectivity index (χ2v) is 20.1. The summed E-state index contributed by atoms with van der Waals surface area (Å²) in [6.45, 7) is 6.19. The molecule has 3 amide bonds. The highest BCUT2D eigenvalue weighted by Gasteiger charge is 2.67. The third kappa shape index (κ3) is 7.84. The first-order valence-corrected chi connectivity index (χ1v) is 20.7. The Hall–Kier alpha value is -3.92. The fraction of sp³-hybridized carbons (Fsp3) is 0.590. The van der Waals surface area contributed by atoms with E-state index >= 15 is 0 Å². The summed E-state index contributed by atoms with van der Waals surface area (Å²) in [6.07, 6.45) is -2.77. The molecule has 0 aromatic heterocycles. The molecule has 7 rings (SSSR count). The van der Waals surface area contributed by atoms with Crippen molar-refractivity contribution in [3.05, 3.63) is 63.9 Å². The zero-order valence-corrected chi connectivity index (χ0v) is 33.0. The van der Waals surface area contributed by atoms with Gasteiger partial charge in [0, 0.05) is 17.1 Å². The molecule has 0 radical (unpaired) electrons. The van der Waals surface area contributed by atoms with Crippen molar-refractivity contribution in [2.75, 3.05) is 11.9 Å². The van der Waals surface area contributed by atoms with Gasteiger partial charge in [-0.1, -0.05) is 44.5 Å². The zero-order chi connectivity index (χ0) is 40.7. The number of alkyl halides is 3. The van der Waals surface area contributed by atoms with Crippen molar-refractivity contribution in [2.45, 2.75) is 114 Å². The van der Waals surface area contributed by atoms with Crippen LogP contribution in [0.5, 0.6) is 0 Å². The molecule has 1 saturated heterocycles. The average molecular weight is 825 g/mol. The van der Waals surface area contributed by atoms with Gasteiger partial charge < -0.3 is 20.3 Å². The van der Waals surface area contributed by atoms with E-state index in [9.17, 15) is 45.2 Å². The van der Waals surface area contributed by atoms with E-state index < -0.39 is 91.1 Å². The van der Waals surface area contributed by atoms with Gasteiger partial charge in [-0.2, -0.15) is 13.2 Å². The zero-order valence-electron chi connectivity index (χ0n) is 31.4. The van der Waals surface area contributed by atoms with Crippen LogP contribution in [-0.2, 0) is 53.0 Å². The van der Waals surface area contributed by atoms with Crippen molar-refractivity contribution in [1.29, 1.82) is 0 Å². The van der Waals surface area contributed by atoms with Gasteiger partial charge in [-0.05, 0) is 105 Å². The lowest BCUT2D eigenvalue weighted by Gasteiger charge is -2.36. The summed E-state index contributed by atoms with van der Waals surface area (Å²) in [5.74, 6) is -4.92. The number of sulfonamides is 1. The van der Waals surface area contributed by atoms with E-state index in [-0.39, 0.29) is 36.9 Å². The van der Waals surface area contributed by atoms with Crippen molar-refractivity contribution in [2.24, 2.45) is 23.2 Å². The molecule has 6 atom stereocenters. The highest BCUT2D eigenvalue weighted by molar-refractivity contribution is 7.91. The van der Waals surface area contributed by atoms with Crippen LogP contribution in [0, 0.1) is 29.0 Å². The number of amides is 3. The maximum Gasteiger partial charge on any atom is 0.416 e. The van der Waals surface area contributed by atoms with Gasteiger partial charge in [-0.3, -0.25) is 23.9 Å². The number of carbonyl (C=O) groups excluding carboxylic acids is 4. The van der Waals surface area contributed by atoms with Gasteiger partial charge in [0.25, 0.3) is 5.91 Å². The molecule has 0 spiro atoms. The number of hydrogen-bond acceptors (Lipinski definition) is 8. The molecule has 3 saturated carbocycles. The Balaban J connectivity index is 1.16. The molecule has 3 N–H and O–H groups in total. The normalized spacial score (nSPS) is 27.2. The topological polar surface area (TPSA) is 151 Å². The molecule has 1 aliphatic heterocycles. The van der Waals surface area contributed by atoms with Gasteiger partial charge in [0.05, 0.1) is 22.8 Å². The lowest BCUT2D eigenvalue weighted by molar-refractivity contribution is -0.154. The molecule has 0 bridgehead atoms. The molecule has 56 heavy (non-hydrogen) atoms. The summed E-state index contributed by atoms with van der Waals surface area (Å²) in [5.41, 5.74) is -2.42.